The second kappa shape index (κ2) is 6.34. The van der Waals surface area contributed by atoms with Crippen LogP contribution in [0.25, 0.3) is 0 Å². The maximum Gasteiger partial charge on any atom is 0.290 e. The Balaban J connectivity index is 1.81. The number of Topliss-reactive ketones (excluding diaryl/α,β-unsaturated/α-hetero) is 1. The third kappa shape index (κ3) is 2.57. The fraction of sp³-hybridized carbons (Fsp3) is 0.158. The molecular formula is C19H15NO5S. The van der Waals surface area contributed by atoms with Gasteiger partial charge in [0.1, 0.15) is 11.8 Å². The average Bonchev–Trinajstić information content (AvgIpc) is 3.40. The maximum atomic E-state index is 12.9. The molecule has 0 spiro atoms. The first kappa shape index (κ1) is 16.4. The van der Waals surface area contributed by atoms with Crippen molar-refractivity contribution in [2.75, 3.05) is 0 Å². The van der Waals surface area contributed by atoms with Gasteiger partial charge in [0.05, 0.1) is 24.6 Å². The van der Waals surface area contributed by atoms with Crippen molar-refractivity contribution in [1.82, 2.24) is 4.90 Å². The van der Waals surface area contributed by atoms with Gasteiger partial charge in [0.15, 0.2) is 11.5 Å². The SMILES string of the molecule is Cc1ccsc1[C@H]1C(C(=O)c2ccco2)=C(O)C(=O)N1Cc1ccco1. The van der Waals surface area contributed by atoms with Gasteiger partial charge in [-0.05, 0) is 48.2 Å². The zero-order valence-electron chi connectivity index (χ0n) is 13.8. The highest BCUT2D eigenvalue weighted by Gasteiger charge is 2.45. The number of amides is 1. The Kier molecular flexibility index (Phi) is 4.00. The van der Waals surface area contributed by atoms with Crippen molar-refractivity contribution in [2.24, 2.45) is 0 Å². The molecule has 0 radical (unpaired) electrons. The molecule has 7 heteroatoms. The van der Waals surface area contributed by atoms with Crippen LogP contribution in [0.4, 0.5) is 0 Å². The number of thiophene rings is 1. The highest BCUT2D eigenvalue weighted by molar-refractivity contribution is 7.10. The number of carbonyl (C=O) groups excluding carboxylic acids is 2. The van der Waals surface area contributed by atoms with Crippen LogP contribution in [0, 0.1) is 6.92 Å². The second-order valence-corrected chi connectivity index (χ2v) is 6.90. The molecule has 1 aliphatic heterocycles. The van der Waals surface area contributed by atoms with Crippen LogP contribution >= 0.6 is 11.3 Å². The van der Waals surface area contributed by atoms with Crippen molar-refractivity contribution in [3.63, 3.8) is 0 Å². The molecule has 0 aliphatic carbocycles. The smallest absolute Gasteiger partial charge is 0.290 e. The molecule has 0 unspecified atom stereocenters. The Hall–Kier alpha value is -3.06. The van der Waals surface area contributed by atoms with E-state index in [-0.39, 0.29) is 17.9 Å². The predicted molar refractivity (Wildman–Crippen MR) is 93.7 cm³/mol. The first-order chi connectivity index (χ1) is 12.6. The molecule has 4 rings (SSSR count). The van der Waals surface area contributed by atoms with Gasteiger partial charge >= 0.3 is 0 Å². The van der Waals surface area contributed by atoms with Crippen LogP contribution in [-0.2, 0) is 11.3 Å². The van der Waals surface area contributed by atoms with Gasteiger partial charge in [-0.15, -0.1) is 11.3 Å². The van der Waals surface area contributed by atoms with Gasteiger partial charge in [-0.25, -0.2) is 0 Å². The number of aliphatic hydroxyl groups is 1. The quantitative estimate of drug-likeness (QED) is 0.687. The van der Waals surface area contributed by atoms with E-state index in [1.54, 1.807) is 18.2 Å². The van der Waals surface area contributed by atoms with Gasteiger partial charge in [0.2, 0.25) is 5.78 Å². The summed E-state index contributed by atoms with van der Waals surface area (Å²) in [5, 5.41) is 12.4. The van der Waals surface area contributed by atoms with Gasteiger partial charge in [-0.3, -0.25) is 9.59 Å². The molecule has 26 heavy (non-hydrogen) atoms. The van der Waals surface area contributed by atoms with Crippen LogP contribution in [0.3, 0.4) is 0 Å². The molecule has 1 atom stereocenters. The van der Waals surface area contributed by atoms with E-state index in [4.69, 9.17) is 8.83 Å². The van der Waals surface area contributed by atoms with Crippen LogP contribution in [0.2, 0.25) is 0 Å². The van der Waals surface area contributed by atoms with E-state index in [9.17, 15) is 14.7 Å². The molecule has 3 aromatic rings. The lowest BCUT2D eigenvalue weighted by atomic mass is 9.98. The molecule has 1 aliphatic rings. The Bertz CT molecular complexity index is 981. The van der Waals surface area contributed by atoms with E-state index in [0.29, 0.717) is 5.76 Å². The number of carbonyl (C=O) groups is 2. The van der Waals surface area contributed by atoms with Gasteiger partial charge in [0, 0.05) is 4.88 Å². The first-order valence-corrected chi connectivity index (χ1v) is 8.84. The predicted octanol–water partition coefficient (Wildman–Crippen LogP) is 4.02. The van der Waals surface area contributed by atoms with Crippen molar-refractivity contribution >= 4 is 23.0 Å². The highest BCUT2D eigenvalue weighted by Crippen LogP contribution is 2.43. The summed E-state index contributed by atoms with van der Waals surface area (Å²) < 4.78 is 10.5. The summed E-state index contributed by atoms with van der Waals surface area (Å²) in [5.74, 6) is -0.999. The summed E-state index contributed by atoms with van der Waals surface area (Å²) >= 11 is 1.43. The van der Waals surface area contributed by atoms with E-state index in [1.165, 1.54) is 34.8 Å². The third-order valence-corrected chi connectivity index (χ3v) is 5.42. The zero-order chi connectivity index (χ0) is 18.3. The van der Waals surface area contributed by atoms with Gasteiger partial charge < -0.3 is 18.8 Å². The minimum atomic E-state index is -0.690. The topological polar surface area (TPSA) is 83.9 Å². The molecule has 132 valence electrons. The monoisotopic (exact) mass is 369 g/mol. The first-order valence-electron chi connectivity index (χ1n) is 7.96. The lowest BCUT2D eigenvalue weighted by molar-refractivity contribution is -0.130. The van der Waals surface area contributed by atoms with E-state index in [0.717, 1.165) is 10.4 Å². The molecule has 1 amide bonds. The number of furan rings is 2. The number of hydrogen-bond donors (Lipinski definition) is 1. The zero-order valence-corrected chi connectivity index (χ0v) is 14.7. The summed E-state index contributed by atoms with van der Waals surface area (Å²) in [6.07, 6.45) is 2.90. The van der Waals surface area contributed by atoms with Crippen molar-refractivity contribution < 1.29 is 23.5 Å². The van der Waals surface area contributed by atoms with Gasteiger partial charge in [0.25, 0.3) is 5.91 Å². The molecular weight excluding hydrogens is 354 g/mol. The fourth-order valence-electron chi connectivity index (χ4n) is 3.10. The van der Waals surface area contributed by atoms with Crippen molar-refractivity contribution in [3.8, 4) is 0 Å². The molecule has 3 aromatic heterocycles. The number of hydrogen-bond acceptors (Lipinski definition) is 6. The number of aryl methyl sites for hydroxylation is 1. The highest BCUT2D eigenvalue weighted by atomic mass is 32.1. The van der Waals surface area contributed by atoms with Gasteiger partial charge in [-0.2, -0.15) is 0 Å². The van der Waals surface area contributed by atoms with E-state index < -0.39 is 23.5 Å². The lowest BCUT2D eigenvalue weighted by Crippen LogP contribution is -2.30. The molecule has 0 saturated heterocycles. The summed E-state index contributed by atoms with van der Waals surface area (Å²) in [6.45, 7) is 2.05. The number of nitrogens with zero attached hydrogens (tertiary/aromatic N) is 1. The maximum absolute atomic E-state index is 12.9. The van der Waals surface area contributed by atoms with Crippen molar-refractivity contribution in [2.45, 2.75) is 19.5 Å². The average molecular weight is 369 g/mol. The number of ketones is 1. The molecule has 0 saturated carbocycles. The normalized spacial score (nSPS) is 17.3. The largest absolute Gasteiger partial charge is 0.503 e. The molecule has 4 heterocycles. The number of aliphatic hydroxyl groups excluding tert-OH is 1. The second-order valence-electron chi connectivity index (χ2n) is 5.95. The molecule has 1 N–H and O–H groups in total. The van der Waals surface area contributed by atoms with Crippen LogP contribution in [-0.4, -0.2) is 21.7 Å². The number of rotatable bonds is 5. The Morgan fingerprint density at radius 2 is 2.00 bits per heavy atom. The Labute approximate surface area is 153 Å². The minimum Gasteiger partial charge on any atom is -0.503 e. The summed E-state index contributed by atoms with van der Waals surface area (Å²) in [7, 11) is 0. The third-order valence-electron chi connectivity index (χ3n) is 4.35. The minimum absolute atomic E-state index is 0.0297. The van der Waals surface area contributed by atoms with E-state index >= 15 is 0 Å². The van der Waals surface area contributed by atoms with E-state index in [1.807, 2.05) is 18.4 Å². The van der Waals surface area contributed by atoms with Crippen molar-refractivity contribution in [1.29, 1.82) is 0 Å². The van der Waals surface area contributed by atoms with Crippen LogP contribution < -0.4 is 0 Å². The fourth-order valence-corrected chi connectivity index (χ4v) is 4.14. The summed E-state index contributed by atoms with van der Waals surface area (Å²) in [6, 6.07) is 7.80. The van der Waals surface area contributed by atoms with Crippen LogP contribution in [0.15, 0.2) is 68.4 Å². The summed E-state index contributed by atoms with van der Waals surface area (Å²) in [4.78, 5) is 27.9. The van der Waals surface area contributed by atoms with E-state index in [2.05, 4.69) is 0 Å². The standard InChI is InChI=1S/C19H15NO5S/c1-11-6-9-26-18(11)15-14(16(21)13-5-3-8-25-13)17(22)19(23)20(15)10-12-4-2-7-24-12/h2-9,15,22H,10H2,1H3/t15-/m1/s1. The Morgan fingerprint density at radius 1 is 1.23 bits per heavy atom. The summed E-state index contributed by atoms with van der Waals surface area (Å²) in [5.41, 5.74) is 0.971. The molecule has 0 fully saturated rings. The molecule has 6 nitrogen and oxygen atoms in total. The lowest BCUT2D eigenvalue weighted by Gasteiger charge is -2.25. The molecule has 0 aromatic carbocycles. The Morgan fingerprint density at radius 3 is 2.62 bits per heavy atom. The van der Waals surface area contributed by atoms with Crippen LogP contribution in [0.5, 0.6) is 0 Å². The van der Waals surface area contributed by atoms with Crippen LogP contribution in [0.1, 0.15) is 32.8 Å². The molecule has 0 bridgehead atoms. The van der Waals surface area contributed by atoms with Crippen molar-refractivity contribution in [3.05, 3.63) is 81.5 Å². The van der Waals surface area contributed by atoms with Gasteiger partial charge in [-0.1, -0.05) is 0 Å².